The molecule has 0 radical (unpaired) electrons. The average Bonchev–Trinajstić information content (AvgIpc) is 3.13. The normalized spacial score (nSPS) is 32.0. The molecule has 1 amide bonds. The number of amides is 1. The second-order valence-electron chi connectivity index (χ2n) is 9.27. The summed E-state index contributed by atoms with van der Waals surface area (Å²) in [7, 11) is 0. The number of carbonyl (C=O) groups excluding carboxylic acids is 1. The van der Waals surface area contributed by atoms with Crippen molar-refractivity contribution in [3.05, 3.63) is 35.9 Å². The van der Waals surface area contributed by atoms with Crippen LogP contribution in [0.25, 0.3) is 5.52 Å². The first kappa shape index (κ1) is 17.3. The van der Waals surface area contributed by atoms with Crippen molar-refractivity contribution in [1.29, 1.82) is 0 Å². The molecule has 3 aliphatic rings. The van der Waals surface area contributed by atoms with Gasteiger partial charge in [-0.2, -0.15) is 0 Å². The Bertz CT molecular complexity index is 839. The van der Waals surface area contributed by atoms with Crippen LogP contribution in [0.1, 0.15) is 74.6 Å². The fourth-order valence-corrected chi connectivity index (χ4v) is 6.31. The number of unbranched alkanes of at least 4 members (excludes halogenated alkanes) is 1. The van der Waals surface area contributed by atoms with E-state index >= 15 is 0 Å². The number of nitrogens with zero attached hydrogens (tertiary/aromatic N) is 2. The lowest BCUT2D eigenvalue weighted by atomic mass is 9.79. The fraction of sp³-hybridized carbons (Fsp3) is 0.652. The Kier molecular flexibility index (Phi) is 4.45. The Morgan fingerprint density at radius 1 is 1.11 bits per heavy atom. The molecule has 27 heavy (non-hydrogen) atoms. The van der Waals surface area contributed by atoms with E-state index in [0.29, 0.717) is 11.7 Å². The summed E-state index contributed by atoms with van der Waals surface area (Å²) < 4.78 is 2.10. The minimum atomic E-state index is 0.0266. The number of pyridine rings is 1. The Balaban J connectivity index is 1.37. The summed E-state index contributed by atoms with van der Waals surface area (Å²) in [5.74, 6) is 4.62. The molecule has 0 spiro atoms. The molecule has 3 bridgehead atoms. The Morgan fingerprint density at radius 2 is 1.89 bits per heavy atom. The van der Waals surface area contributed by atoms with Gasteiger partial charge in [-0.3, -0.25) is 4.79 Å². The molecule has 0 aromatic carbocycles. The maximum atomic E-state index is 13.2. The summed E-state index contributed by atoms with van der Waals surface area (Å²) in [4.78, 5) is 17.9. The number of hydrogen-bond acceptors (Lipinski definition) is 2. The van der Waals surface area contributed by atoms with Crippen molar-refractivity contribution in [3.8, 4) is 0 Å². The third-order valence-electron chi connectivity index (χ3n) is 7.37. The van der Waals surface area contributed by atoms with Crippen molar-refractivity contribution in [2.24, 2.45) is 23.7 Å². The standard InChI is InChI=1S/C23H31N3O/c1-2-3-7-21-25-22(20-6-4-5-8-26(20)21)23(27)24-19-13-16-9-15-10-17(12-16)18(11-15)14-19/h4-6,8,15-19H,2-3,7,9-14H2,1H3,(H,24,27). The number of aromatic nitrogens is 2. The molecule has 0 saturated heterocycles. The van der Waals surface area contributed by atoms with Gasteiger partial charge in [0.15, 0.2) is 5.69 Å². The third kappa shape index (κ3) is 3.17. The molecule has 4 nitrogen and oxygen atoms in total. The summed E-state index contributed by atoms with van der Waals surface area (Å²) in [5, 5.41) is 3.39. The van der Waals surface area contributed by atoms with E-state index in [4.69, 9.17) is 4.98 Å². The van der Waals surface area contributed by atoms with Gasteiger partial charge in [0, 0.05) is 18.7 Å². The van der Waals surface area contributed by atoms with E-state index in [1.165, 1.54) is 38.5 Å². The molecule has 2 aromatic heterocycles. The van der Waals surface area contributed by atoms with E-state index in [2.05, 4.69) is 16.6 Å². The fourth-order valence-electron chi connectivity index (χ4n) is 6.31. The molecule has 3 saturated carbocycles. The van der Waals surface area contributed by atoms with Gasteiger partial charge in [0.2, 0.25) is 0 Å². The molecular formula is C23H31N3O. The van der Waals surface area contributed by atoms with E-state index in [1.54, 1.807) is 0 Å². The van der Waals surface area contributed by atoms with Crippen LogP contribution in [-0.2, 0) is 6.42 Å². The predicted octanol–water partition coefficient (Wildman–Crippen LogP) is 4.62. The number of rotatable bonds is 5. The molecule has 2 heterocycles. The van der Waals surface area contributed by atoms with Crippen molar-refractivity contribution >= 4 is 11.4 Å². The Morgan fingerprint density at radius 3 is 2.70 bits per heavy atom. The molecule has 4 heteroatoms. The summed E-state index contributed by atoms with van der Waals surface area (Å²) in [5.41, 5.74) is 1.55. The summed E-state index contributed by atoms with van der Waals surface area (Å²) in [6.45, 7) is 2.19. The van der Waals surface area contributed by atoms with E-state index in [1.807, 2.05) is 24.4 Å². The average molecular weight is 366 g/mol. The van der Waals surface area contributed by atoms with Crippen molar-refractivity contribution < 1.29 is 4.79 Å². The van der Waals surface area contributed by atoms with Crippen LogP contribution >= 0.6 is 0 Å². The molecule has 5 unspecified atom stereocenters. The molecule has 5 atom stereocenters. The molecule has 1 N–H and O–H groups in total. The molecule has 0 aliphatic heterocycles. The van der Waals surface area contributed by atoms with E-state index in [0.717, 1.165) is 54.3 Å². The van der Waals surface area contributed by atoms with Crippen LogP contribution in [0.4, 0.5) is 0 Å². The van der Waals surface area contributed by atoms with Gasteiger partial charge >= 0.3 is 0 Å². The highest BCUT2D eigenvalue weighted by molar-refractivity contribution is 5.99. The molecule has 3 fully saturated rings. The first-order valence-corrected chi connectivity index (χ1v) is 11.0. The van der Waals surface area contributed by atoms with Crippen LogP contribution in [0.5, 0.6) is 0 Å². The largest absolute Gasteiger partial charge is 0.348 e. The summed E-state index contributed by atoms with van der Waals surface area (Å²) >= 11 is 0. The van der Waals surface area contributed by atoms with Gasteiger partial charge in [0.05, 0.1) is 5.52 Å². The van der Waals surface area contributed by atoms with Crippen LogP contribution in [0, 0.1) is 23.7 Å². The molecule has 3 aliphatic carbocycles. The zero-order valence-electron chi connectivity index (χ0n) is 16.4. The highest BCUT2D eigenvalue weighted by Gasteiger charge is 2.44. The molecule has 5 rings (SSSR count). The van der Waals surface area contributed by atoms with Crippen LogP contribution < -0.4 is 5.32 Å². The third-order valence-corrected chi connectivity index (χ3v) is 7.37. The smallest absolute Gasteiger partial charge is 0.272 e. The second kappa shape index (κ2) is 6.96. The minimum Gasteiger partial charge on any atom is -0.348 e. The zero-order chi connectivity index (χ0) is 18.4. The van der Waals surface area contributed by atoms with Crippen molar-refractivity contribution in [2.75, 3.05) is 0 Å². The van der Waals surface area contributed by atoms with Crippen molar-refractivity contribution in [3.63, 3.8) is 0 Å². The van der Waals surface area contributed by atoms with Crippen LogP contribution in [0.2, 0.25) is 0 Å². The van der Waals surface area contributed by atoms with Gasteiger partial charge < -0.3 is 9.72 Å². The monoisotopic (exact) mass is 365 g/mol. The Hall–Kier alpha value is -1.84. The number of fused-ring (bicyclic) bond motifs is 3. The van der Waals surface area contributed by atoms with Gasteiger partial charge in [0.25, 0.3) is 5.91 Å². The van der Waals surface area contributed by atoms with Crippen LogP contribution in [-0.4, -0.2) is 21.3 Å². The lowest BCUT2D eigenvalue weighted by Gasteiger charge is -2.28. The number of aryl methyl sites for hydroxylation is 1. The van der Waals surface area contributed by atoms with E-state index in [-0.39, 0.29) is 5.91 Å². The zero-order valence-corrected chi connectivity index (χ0v) is 16.4. The molecule has 144 valence electrons. The van der Waals surface area contributed by atoms with Crippen LogP contribution in [0.3, 0.4) is 0 Å². The van der Waals surface area contributed by atoms with Gasteiger partial charge in [-0.1, -0.05) is 19.4 Å². The van der Waals surface area contributed by atoms with Crippen molar-refractivity contribution in [1.82, 2.24) is 14.7 Å². The maximum Gasteiger partial charge on any atom is 0.272 e. The van der Waals surface area contributed by atoms with Gasteiger partial charge in [-0.05, 0) is 80.8 Å². The quantitative estimate of drug-likeness (QED) is 0.840. The van der Waals surface area contributed by atoms with Crippen LogP contribution in [0.15, 0.2) is 24.4 Å². The topological polar surface area (TPSA) is 46.4 Å². The highest BCUT2D eigenvalue weighted by atomic mass is 16.2. The van der Waals surface area contributed by atoms with E-state index < -0.39 is 0 Å². The number of nitrogens with one attached hydrogen (secondary N) is 1. The summed E-state index contributed by atoms with van der Waals surface area (Å²) in [6.07, 6.45) is 13.2. The maximum absolute atomic E-state index is 13.2. The summed E-state index contributed by atoms with van der Waals surface area (Å²) in [6, 6.07) is 6.37. The predicted molar refractivity (Wildman–Crippen MR) is 107 cm³/mol. The van der Waals surface area contributed by atoms with Gasteiger partial charge in [0.1, 0.15) is 5.82 Å². The highest BCUT2D eigenvalue weighted by Crippen LogP contribution is 2.53. The lowest BCUT2D eigenvalue weighted by molar-refractivity contribution is 0.0920. The first-order valence-electron chi connectivity index (χ1n) is 11.0. The SMILES string of the molecule is CCCCc1nc(C(=O)NC2CC3CC4CC(C3)C(C4)C2)c2ccccn12. The number of hydrogen-bond donors (Lipinski definition) is 1. The first-order chi connectivity index (χ1) is 13.2. The number of imidazole rings is 1. The number of carbonyl (C=O) groups is 1. The van der Waals surface area contributed by atoms with Gasteiger partial charge in [-0.25, -0.2) is 4.98 Å². The molecule has 2 aromatic rings. The second-order valence-corrected chi connectivity index (χ2v) is 9.27. The molecular weight excluding hydrogens is 334 g/mol. The van der Waals surface area contributed by atoms with Crippen molar-refractivity contribution in [2.45, 2.75) is 70.8 Å². The minimum absolute atomic E-state index is 0.0266. The van der Waals surface area contributed by atoms with Gasteiger partial charge in [-0.15, -0.1) is 0 Å². The lowest BCUT2D eigenvalue weighted by Crippen LogP contribution is -2.37. The van der Waals surface area contributed by atoms with E-state index in [9.17, 15) is 4.79 Å². The Labute approximate surface area is 161 Å².